The number of aromatic hydroxyl groups is 1. The van der Waals surface area contributed by atoms with Crippen LogP contribution in [0.2, 0.25) is 0 Å². The second-order valence-corrected chi connectivity index (χ2v) is 8.98. The van der Waals surface area contributed by atoms with Crippen LogP contribution < -0.4 is 16.3 Å². The number of carbonyl (C=O) groups excluding carboxylic acids is 1. The third kappa shape index (κ3) is 5.31. The first-order valence-corrected chi connectivity index (χ1v) is 12.3. The van der Waals surface area contributed by atoms with Crippen LogP contribution in [0.15, 0.2) is 23.8 Å². The number of amides is 1. The van der Waals surface area contributed by atoms with Gasteiger partial charge in [-0.2, -0.15) is 0 Å². The fraction of sp³-hybridized carbons (Fsp3) is 0.414. The molecule has 1 aliphatic rings. The Morgan fingerprint density at radius 1 is 1.34 bits per heavy atom. The maximum atomic E-state index is 12.2. The molecule has 1 amide bonds. The summed E-state index contributed by atoms with van der Waals surface area (Å²) in [7, 11) is 0. The lowest BCUT2D eigenvalue weighted by Crippen LogP contribution is -2.32. The van der Waals surface area contributed by atoms with Crippen LogP contribution >= 0.6 is 0 Å². The van der Waals surface area contributed by atoms with E-state index in [0.717, 1.165) is 59.7 Å². The van der Waals surface area contributed by atoms with Gasteiger partial charge in [0, 0.05) is 17.7 Å². The van der Waals surface area contributed by atoms with Crippen LogP contribution in [0.4, 0.5) is 0 Å². The van der Waals surface area contributed by atoms with Crippen molar-refractivity contribution < 1.29 is 14.6 Å². The second kappa shape index (κ2) is 11.3. The predicted octanol–water partition coefficient (Wildman–Crippen LogP) is 4.30. The summed E-state index contributed by atoms with van der Waals surface area (Å²) in [6, 6.07) is 3.54. The number of H-pyrrole nitrogens is 1. The molecule has 0 radical (unpaired) electrons. The molecule has 186 valence electrons. The summed E-state index contributed by atoms with van der Waals surface area (Å²) in [5.74, 6) is 6.47. The molecule has 0 aliphatic carbocycles. The van der Waals surface area contributed by atoms with Crippen LogP contribution in [0.5, 0.6) is 5.75 Å². The summed E-state index contributed by atoms with van der Waals surface area (Å²) in [4.78, 5) is 15.4. The lowest BCUT2D eigenvalue weighted by atomic mass is 10.1. The number of rotatable bonds is 3. The van der Waals surface area contributed by atoms with Crippen LogP contribution in [0, 0.1) is 24.7 Å². The smallest absolute Gasteiger partial charge is 0.253 e. The summed E-state index contributed by atoms with van der Waals surface area (Å²) in [6.45, 7) is 13.9. The Labute approximate surface area is 207 Å². The van der Waals surface area contributed by atoms with Gasteiger partial charge in [-0.3, -0.25) is 9.20 Å². The number of aromatic nitrogens is 2. The number of carbonyl (C=O) groups is 1. The molecule has 2 aromatic heterocycles. The molecule has 3 aromatic rings. The van der Waals surface area contributed by atoms with Crippen LogP contribution in [-0.2, 0) is 4.74 Å². The number of benzene rings is 1. The summed E-state index contributed by atoms with van der Waals surface area (Å²) >= 11 is 0. The molecule has 1 atom stereocenters. The van der Waals surface area contributed by atoms with Gasteiger partial charge in [0.2, 0.25) is 0 Å². The molecule has 0 spiro atoms. The average Bonchev–Trinajstić information content (AvgIpc) is 3.55. The molecule has 4 N–H and O–H groups in total. The van der Waals surface area contributed by atoms with Gasteiger partial charge in [0.1, 0.15) is 16.9 Å². The Bertz CT molecular complexity index is 1450. The number of aryl methyl sites for hydroxylation is 1. The highest BCUT2D eigenvalue weighted by Gasteiger charge is 2.20. The zero-order valence-electron chi connectivity index (χ0n) is 21.7. The van der Waals surface area contributed by atoms with Gasteiger partial charge in [0.25, 0.3) is 5.91 Å². The van der Waals surface area contributed by atoms with Gasteiger partial charge < -0.3 is 20.6 Å². The van der Waals surface area contributed by atoms with Crippen molar-refractivity contribution in [2.24, 2.45) is 11.7 Å². The highest BCUT2D eigenvalue weighted by atomic mass is 16.5. The first-order valence-electron chi connectivity index (χ1n) is 12.3. The van der Waals surface area contributed by atoms with E-state index in [1.807, 2.05) is 50.3 Å². The third-order valence-electron chi connectivity index (χ3n) is 6.46. The minimum absolute atomic E-state index is 0.163. The van der Waals surface area contributed by atoms with Crippen molar-refractivity contribution >= 4 is 34.2 Å². The number of ether oxygens (including phenoxy) is 1. The molecule has 35 heavy (non-hydrogen) atoms. The predicted molar refractivity (Wildman–Crippen MR) is 144 cm³/mol. The fourth-order valence-corrected chi connectivity index (χ4v) is 4.32. The highest BCUT2D eigenvalue weighted by molar-refractivity contribution is 6.02. The van der Waals surface area contributed by atoms with E-state index >= 15 is 0 Å². The zero-order valence-corrected chi connectivity index (χ0v) is 21.7. The SMILES string of the molecule is C/C=C(\C)C#CC1CCOC1.CC/C=c1\c(C(N)=O)c2[nH]c3c(O)ccc(C)c3n2c1=C(C)CC. The number of hydrogen-bond donors (Lipinski definition) is 3. The standard InChI is InChI=1S/C19H23N3O2.C10H14O/c1-5-7-12-14(18(20)24)19-21-15-13(23)9-8-11(4)17(15)22(19)16(12)10(3)6-2;1-3-9(2)4-5-10-6-7-11-8-10/h7-9,21,23H,5-6H2,1-4H3,(H2,20,24);3,10H,6-8H2,1-2H3/b12-7+,16-10?;9-3+. The topological polar surface area (TPSA) is 92.8 Å². The van der Waals surface area contributed by atoms with Crippen LogP contribution in [0.25, 0.3) is 28.3 Å². The number of nitrogens with zero attached hydrogens (tertiary/aromatic N) is 1. The number of aromatic amines is 1. The largest absolute Gasteiger partial charge is 0.506 e. The van der Waals surface area contributed by atoms with E-state index in [2.05, 4.69) is 30.7 Å². The van der Waals surface area contributed by atoms with Gasteiger partial charge >= 0.3 is 0 Å². The first-order chi connectivity index (χ1) is 16.7. The third-order valence-corrected chi connectivity index (χ3v) is 6.46. The molecule has 3 heterocycles. The number of primary amides is 1. The van der Waals surface area contributed by atoms with E-state index < -0.39 is 5.91 Å². The lowest BCUT2D eigenvalue weighted by molar-refractivity contribution is 0.100. The molecular formula is C29H37N3O3. The van der Waals surface area contributed by atoms with E-state index in [4.69, 9.17) is 10.5 Å². The number of nitrogens with two attached hydrogens (primary N) is 1. The summed E-state index contributed by atoms with van der Waals surface area (Å²) in [5.41, 5.74) is 11.7. The molecule has 6 heteroatoms. The number of imidazole rings is 1. The highest BCUT2D eigenvalue weighted by Crippen LogP contribution is 2.28. The fourth-order valence-electron chi connectivity index (χ4n) is 4.32. The molecule has 0 saturated carbocycles. The molecule has 4 rings (SSSR count). The molecule has 0 bridgehead atoms. The number of nitrogens with one attached hydrogen (secondary N) is 1. The molecular weight excluding hydrogens is 438 g/mol. The number of allylic oxidation sites excluding steroid dienone is 2. The number of phenolic OH excluding ortho intramolecular Hbond substituents is 1. The quantitative estimate of drug-likeness (QED) is 0.493. The van der Waals surface area contributed by atoms with Crippen molar-refractivity contribution in [1.82, 2.24) is 9.38 Å². The number of fused-ring (bicyclic) bond motifs is 3. The van der Waals surface area contributed by atoms with Crippen LogP contribution in [0.1, 0.15) is 69.8 Å². The van der Waals surface area contributed by atoms with Crippen molar-refractivity contribution in [3.8, 4) is 17.6 Å². The Morgan fingerprint density at radius 3 is 2.66 bits per heavy atom. The van der Waals surface area contributed by atoms with Crippen molar-refractivity contribution in [1.29, 1.82) is 0 Å². The summed E-state index contributed by atoms with van der Waals surface area (Å²) in [6.07, 6.45) is 6.84. The maximum absolute atomic E-state index is 12.2. The monoisotopic (exact) mass is 475 g/mol. The zero-order chi connectivity index (χ0) is 25.7. The second-order valence-electron chi connectivity index (χ2n) is 8.98. The van der Waals surface area contributed by atoms with E-state index in [1.54, 1.807) is 6.07 Å². The van der Waals surface area contributed by atoms with Gasteiger partial charge in [-0.25, -0.2) is 0 Å². The van der Waals surface area contributed by atoms with Gasteiger partial charge in [-0.05, 0) is 69.7 Å². The van der Waals surface area contributed by atoms with E-state index in [9.17, 15) is 9.90 Å². The molecule has 6 nitrogen and oxygen atoms in total. The van der Waals surface area contributed by atoms with Crippen molar-refractivity contribution in [2.45, 2.75) is 60.8 Å². The van der Waals surface area contributed by atoms with Crippen molar-refractivity contribution in [3.05, 3.63) is 45.5 Å². The maximum Gasteiger partial charge on any atom is 0.253 e. The number of phenols is 1. The van der Waals surface area contributed by atoms with Crippen molar-refractivity contribution in [2.75, 3.05) is 13.2 Å². The van der Waals surface area contributed by atoms with E-state index in [1.165, 1.54) is 5.57 Å². The van der Waals surface area contributed by atoms with E-state index in [-0.39, 0.29) is 5.75 Å². The van der Waals surface area contributed by atoms with Crippen molar-refractivity contribution in [3.63, 3.8) is 0 Å². The lowest BCUT2D eigenvalue weighted by Gasteiger charge is -2.02. The van der Waals surface area contributed by atoms with Gasteiger partial charge in [-0.1, -0.05) is 43.9 Å². The minimum atomic E-state index is -0.467. The van der Waals surface area contributed by atoms with Gasteiger partial charge in [0.05, 0.1) is 23.0 Å². The Balaban J connectivity index is 0.000000261. The first kappa shape index (κ1) is 26.2. The van der Waals surface area contributed by atoms with Gasteiger partial charge in [0.15, 0.2) is 0 Å². The summed E-state index contributed by atoms with van der Waals surface area (Å²) in [5, 5.41) is 12.1. The molecule has 1 aliphatic heterocycles. The van der Waals surface area contributed by atoms with E-state index in [0.29, 0.717) is 22.6 Å². The Kier molecular flexibility index (Phi) is 8.48. The minimum Gasteiger partial charge on any atom is -0.506 e. The Morgan fingerprint density at radius 2 is 2.09 bits per heavy atom. The Hall–Kier alpha value is -3.43. The number of hydrogen-bond acceptors (Lipinski definition) is 3. The van der Waals surface area contributed by atoms with Gasteiger partial charge in [-0.15, -0.1) is 0 Å². The molecule has 1 aromatic carbocycles. The molecule has 1 fully saturated rings. The molecule has 1 unspecified atom stereocenters. The molecule has 1 saturated heterocycles. The normalized spacial score (nSPS) is 17.3. The van der Waals surface area contributed by atoms with Crippen LogP contribution in [-0.4, -0.2) is 33.6 Å². The summed E-state index contributed by atoms with van der Waals surface area (Å²) < 4.78 is 7.23. The average molecular weight is 476 g/mol. The van der Waals surface area contributed by atoms with Crippen LogP contribution in [0.3, 0.4) is 0 Å².